The first-order valence-electron chi connectivity index (χ1n) is 5.47. The fourth-order valence-corrected chi connectivity index (χ4v) is 1.80. The molecule has 0 amide bonds. The number of benzene rings is 1. The van der Waals surface area contributed by atoms with E-state index in [9.17, 15) is 9.18 Å². The van der Waals surface area contributed by atoms with Crippen LogP contribution in [0.3, 0.4) is 0 Å². The van der Waals surface area contributed by atoms with Crippen LogP contribution in [-0.2, 0) is 6.54 Å². The van der Waals surface area contributed by atoms with Gasteiger partial charge in [-0.25, -0.2) is 4.39 Å². The van der Waals surface area contributed by atoms with Crippen LogP contribution in [0.1, 0.15) is 16.8 Å². The second-order valence-corrected chi connectivity index (χ2v) is 4.00. The van der Waals surface area contributed by atoms with Gasteiger partial charge in [-0.1, -0.05) is 6.07 Å². The lowest BCUT2D eigenvalue weighted by Gasteiger charge is -2.10. The molecule has 2 rings (SSSR count). The summed E-state index contributed by atoms with van der Waals surface area (Å²) in [6.07, 6.45) is 0. The van der Waals surface area contributed by atoms with Crippen LogP contribution in [0.2, 0.25) is 0 Å². The Morgan fingerprint density at radius 2 is 2.11 bits per heavy atom. The Morgan fingerprint density at radius 1 is 1.33 bits per heavy atom. The number of nitriles is 1. The van der Waals surface area contributed by atoms with Gasteiger partial charge >= 0.3 is 0 Å². The number of rotatable bonds is 2. The zero-order valence-electron chi connectivity index (χ0n) is 9.85. The largest absolute Gasteiger partial charge is 0.308 e. The van der Waals surface area contributed by atoms with E-state index in [4.69, 9.17) is 5.26 Å². The van der Waals surface area contributed by atoms with Gasteiger partial charge in [-0.15, -0.1) is 0 Å². The molecule has 0 saturated heterocycles. The summed E-state index contributed by atoms with van der Waals surface area (Å²) in [5.41, 5.74) is 1.50. The van der Waals surface area contributed by atoms with E-state index in [1.165, 1.54) is 28.8 Å². The van der Waals surface area contributed by atoms with Gasteiger partial charge in [-0.2, -0.15) is 5.26 Å². The van der Waals surface area contributed by atoms with Gasteiger partial charge in [0.25, 0.3) is 5.56 Å². The first kappa shape index (κ1) is 12.1. The summed E-state index contributed by atoms with van der Waals surface area (Å²) < 4.78 is 14.7. The lowest BCUT2D eigenvalue weighted by molar-refractivity contribution is 0.621. The fraction of sp³-hybridized carbons (Fsp3) is 0.143. The number of nitrogens with zero attached hydrogens (tertiary/aromatic N) is 2. The first-order valence-corrected chi connectivity index (χ1v) is 5.47. The molecule has 4 heteroatoms. The van der Waals surface area contributed by atoms with Crippen LogP contribution < -0.4 is 5.56 Å². The Hall–Kier alpha value is -2.41. The van der Waals surface area contributed by atoms with Gasteiger partial charge in [0, 0.05) is 11.8 Å². The van der Waals surface area contributed by atoms with Gasteiger partial charge in [0.1, 0.15) is 5.82 Å². The molecule has 0 aliphatic heterocycles. The minimum atomic E-state index is -0.411. The predicted molar refractivity (Wildman–Crippen MR) is 65.7 cm³/mol. The Kier molecular flexibility index (Phi) is 3.24. The van der Waals surface area contributed by atoms with Crippen molar-refractivity contribution in [3.05, 3.63) is 69.4 Å². The number of halogens is 1. The van der Waals surface area contributed by atoms with Crippen molar-refractivity contribution in [2.45, 2.75) is 13.5 Å². The monoisotopic (exact) mass is 242 g/mol. The maximum atomic E-state index is 13.2. The first-order chi connectivity index (χ1) is 8.61. The summed E-state index contributed by atoms with van der Waals surface area (Å²) in [4.78, 5) is 11.7. The van der Waals surface area contributed by atoms with Crippen molar-refractivity contribution in [3.63, 3.8) is 0 Å². The lowest BCUT2D eigenvalue weighted by Crippen LogP contribution is -2.21. The van der Waals surface area contributed by atoms with Gasteiger partial charge in [-0.3, -0.25) is 4.79 Å². The molecule has 0 N–H and O–H groups in total. The van der Waals surface area contributed by atoms with E-state index in [0.29, 0.717) is 11.1 Å². The number of hydrogen-bond acceptors (Lipinski definition) is 2. The van der Waals surface area contributed by atoms with E-state index in [1.807, 2.05) is 6.07 Å². The lowest BCUT2D eigenvalue weighted by atomic mass is 10.1. The minimum Gasteiger partial charge on any atom is -0.308 e. The third-order valence-electron chi connectivity index (χ3n) is 2.78. The zero-order chi connectivity index (χ0) is 13.1. The fourth-order valence-electron chi connectivity index (χ4n) is 1.80. The highest BCUT2D eigenvalue weighted by Gasteiger charge is 2.07. The molecular formula is C14H11FN2O. The number of aryl methyl sites for hydroxylation is 1. The van der Waals surface area contributed by atoms with Crippen LogP contribution in [0.5, 0.6) is 0 Å². The average molecular weight is 242 g/mol. The third kappa shape index (κ3) is 2.30. The molecule has 0 fully saturated rings. The van der Waals surface area contributed by atoms with Gasteiger partial charge in [-0.05, 0) is 36.8 Å². The number of pyridine rings is 1. The van der Waals surface area contributed by atoms with Crippen molar-refractivity contribution < 1.29 is 4.39 Å². The van der Waals surface area contributed by atoms with Crippen molar-refractivity contribution in [1.82, 2.24) is 4.57 Å². The Labute approximate surface area is 104 Å². The molecule has 18 heavy (non-hydrogen) atoms. The molecular weight excluding hydrogens is 231 g/mol. The molecule has 0 radical (unpaired) electrons. The van der Waals surface area contributed by atoms with Crippen molar-refractivity contribution in [2.24, 2.45) is 0 Å². The zero-order valence-corrected chi connectivity index (χ0v) is 9.85. The van der Waals surface area contributed by atoms with Crippen LogP contribution in [0.15, 0.2) is 41.2 Å². The van der Waals surface area contributed by atoms with Crippen molar-refractivity contribution in [3.8, 4) is 6.07 Å². The normalized spacial score (nSPS) is 10.1. The van der Waals surface area contributed by atoms with E-state index >= 15 is 0 Å². The number of hydrogen-bond donors (Lipinski definition) is 0. The molecule has 1 heterocycles. The molecule has 3 nitrogen and oxygen atoms in total. The van der Waals surface area contributed by atoms with Crippen LogP contribution in [0.25, 0.3) is 0 Å². The molecule has 0 spiro atoms. The summed E-state index contributed by atoms with van der Waals surface area (Å²) in [5.74, 6) is -0.411. The van der Waals surface area contributed by atoms with E-state index in [0.717, 1.165) is 5.69 Å². The average Bonchev–Trinajstić information content (AvgIpc) is 2.34. The molecule has 0 aliphatic carbocycles. The van der Waals surface area contributed by atoms with Gasteiger partial charge in [0.05, 0.1) is 18.2 Å². The van der Waals surface area contributed by atoms with Crippen LogP contribution >= 0.6 is 0 Å². The maximum Gasteiger partial charge on any atom is 0.251 e. The molecule has 2 aromatic rings. The predicted octanol–water partition coefficient (Wildman–Crippen LogP) is 2.22. The topological polar surface area (TPSA) is 45.8 Å². The highest BCUT2D eigenvalue weighted by Crippen LogP contribution is 2.12. The van der Waals surface area contributed by atoms with Crippen molar-refractivity contribution in [1.29, 1.82) is 5.26 Å². The Bertz CT molecular complexity index is 683. The molecule has 0 saturated carbocycles. The standard InChI is InChI=1S/C14H11FN2O/c1-10-3-2-4-14(18)17(10)9-12-7-13(15)6-5-11(12)8-16/h2-7H,9H2,1H3. The Balaban J connectivity index is 2.50. The second kappa shape index (κ2) is 4.84. The van der Waals surface area contributed by atoms with Crippen molar-refractivity contribution in [2.75, 3.05) is 0 Å². The maximum absolute atomic E-state index is 13.2. The van der Waals surface area contributed by atoms with E-state index in [2.05, 4.69) is 0 Å². The van der Waals surface area contributed by atoms with E-state index in [-0.39, 0.29) is 12.1 Å². The summed E-state index contributed by atoms with van der Waals surface area (Å²) >= 11 is 0. The van der Waals surface area contributed by atoms with E-state index in [1.54, 1.807) is 19.1 Å². The minimum absolute atomic E-state index is 0.164. The van der Waals surface area contributed by atoms with Gasteiger partial charge in [0.15, 0.2) is 0 Å². The molecule has 0 atom stereocenters. The quantitative estimate of drug-likeness (QED) is 0.810. The molecule has 0 unspecified atom stereocenters. The summed E-state index contributed by atoms with van der Waals surface area (Å²) in [7, 11) is 0. The van der Waals surface area contributed by atoms with Crippen LogP contribution in [0.4, 0.5) is 4.39 Å². The Morgan fingerprint density at radius 3 is 2.78 bits per heavy atom. The summed E-state index contributed by atoms with van der Waals surface area (Å²) in [5, 5.41) is 8.97. The van der Waals surface area contributed by atoms with E-state index < -0.39 is 5.82 Å². The SMILES string of the molecule is Cc1cccc(=O)n1Cc1cc(F)ccc1C#N. The van der Waals surface area contributed by atoms with Gasteiger partial charge in [0.2, 0.25) is 0 Å². The summed E-state index contributed by atoms with van der Waals surface area (Å²) in [6, 6.07) is 10.9. The van der Waals surface area contributed by atoms with Crippen LogP contribution in [-0.4, -0.2) is 4.57 Å². The summed E-state index contributed by atoms with van der Waals surface area (Å²) in [6.45, 7) is 2.00. The molecule has 90 valence electrons. The molecule has 0 aliphatic rings. The van der Waals surface area contributed by atoms with Crippen molar-refractivity contribution >= 4 is 0 Å². The second-order valence-electron chi connectivity index (χ2n) is 4.00. The third-order valence-corrected chi connectivity index (χ3v) is 2.78. The highest BCUT2D eigenvalue weighted by atomic mass is 19.1. The number of aromatic nitrogens is 1. The highest BCUT2D eigenvalue weighted by molar-refractivity contribution is 5.38. The molecule has 0 bridgehead atoms. The van der Waals surface area contributed by atoms with Gasteiger partial charge < -0.3 is 4.57 Å². The smallest absolute Gasteiger partial charge is 0.251 e. The molecule has 1 aromatic heterocycles. The van der Waals surface area contributed by atoms with Crippen LogP contribution in [0, 0.1) is 24.1 Å². The molecule has 1 aromatic carbocycles.